The Morgan fingerprint density at radius 3 is 2.06 bits per heavy atom. The lowest BCUT2D eigenvalue weighted by molar-refractivity contribution is -0.159. The molecular formula is C22H27F2N3O3S. The van der Waals surface area contributed by atoms with Gasteiger partial charge in [0.05, 0.1) is 11.0 Å². The third-order valence-corrected chi connectivity index (χ3v) is 6.35. The van der Waals surface area contributed by atoms with Crippen LogP contribution < -0.4 is 16.2 Å². The molecule has 6 nitrogen and oxygen atoms in total. The molecule has 168 valence electrons. The molecule has 31 heavy (non-hydrogen) atoms. The van der Waals surface area contributed by atoms with Crippen LogP contribution in [0.15, 0.2) is 35.2 Å². The van der Waals surface area contributed by atoms with Crippen molar-refractivity contribution in [3.8, 4) is 0 Å². The fraction of sp³-hybridized carbons (Fsp3) is 0.409. The second-order valence-corrected chi connectivity index (χ2v) is 8.69. The molecule has 0 aromatic heterocycles. The van der Waals surface area contributed by atoms with E-state index in [-0.39, 0.29) is 0 Å². The number of fused-ring (bicyclic) bond motifs is 2. The highest BCUT2D eigenvalue weighted by molar-refractivity contribution is 7.82. The van der Waals surface area contributed by atoms with Crippen molar-refractivity contribution in [2.45, 2.75) is 63.1 Å². The third-order valence-electron chi connectivity index (χ3n) is 5.61. The zero-order valence-corrected chi connectivity index (χ0v) is 18.1. The van der Waals surface area contributed by atoms with Crippen molar-refractivity contribution < 1.29 is 22.5 Å². The lowest BCUT2D eigenvalue weighted by Crippen LogP contribution is -2.21. The number of amides is 2. The van der Waals surface area contributed by atoms with Gasteiger partial charge < -0.3 is 15.8 Å². The minimum Gasteiger partial charge on any atom is -0.351 e. The number of hydrogen-bond acceptors (Lipinski definition) is 3. The Morgan fingerprint density at radius 2 is 1.61 bits per heavy atom. The first-order valence-corrected chi connectivity index (χ1v) is 11.4. The van der Waals surface area contributed by atoms with Crippen molar-refractivity contribution in [3.63, 3.8) is 0 Å². The van der Waals surface area contributed by atoms with Crippen LogP contribution in [0.25, 0.3) is 0 Å². The van der Waals surface area contributed by atoms with Crippen molar-refractivity contribution >= 4 is 22.7 Å². The number of ether oxygens (including phenoxy) is 1. The number of urea groups is 1. The Labute approximate surface area is 182 Å². The van der Waals surface area contributed by atoms with Crippen LogP contribution in [0.4, 0.5) is 19.3 Å². The van der Waals surface area contributed by atoms with Gasteiger partial charge in [-0.1, -0.05) is 18.2 Å². The van der Waals surface area contributed by atoms with Crippen molar-refractivity contribution in [1.82, 2.24) is 0 Å². The number of nitrogens with two attached hydrogens (primary N) is 2. The van der Waals surface area contributed by atoms with Gasteiger partial charge in [0.2, 0.25) is 0 Å². The van der Waals surface area contributed by atoms with Crippen LogP contribution in [0.3, 0.4) is 0 Å². The normalized spacial score (nSPS) is 16.2. The van der Waals surface area contributed by atoms with Gasteiger partial charge in [-0.2, -0.15) is 8.78 Å². The molecule has 2 aliphatic rings. The molecule has 2 aromatic rings. The monoisotopic (exact) mass is 451 g/mol. The Morgan fingerprint density at radius 1 is 1.06 bits per heavy atom. The number of aryl methyl sites for hydroxylation is 2. The molecule has 2 amide bonds. The first-order chi connectivity index (χ1) is 14.8. The van der Waals surface area contributed by atoms with Gasteiger partial charge in [-0.25, -0.2) is 14.1 Å². The molecule has 5 N–H and O–H groups in total. The highest BCUT2D eigenvalue weighted by Gasteiger charge is 2.24. The Bertz CT molecular complexity index is 935. The maximum absolute atomic E-state index is 11.9. The SMILES string of the molecule is CC(OC(F)F)c1ccc(S(N)=O)cc1.NC(=O)Nc1c2c(cc3c1CCC3)CCC2. The summed E-state index contributed by atoms with van der Waals surface area (Å²) in [7, 11) is -1.55. The van der Waals surface area contributed by atoms with Gasteiger partial charge in [-0.15, -0.1) is 0 Å². The lowest BCUT2D eigenvalue weighted by atomic mass is 9.99. The number of nitrogens with one attached hydrogen (secondary N) is 1. The van der Waals surface area contributed by atoms with E-state index < -0.39 is 29.7 Å². The molecule has 2 aromatic carbocycles. The Hall–Kier alpha value is -2.36. The van der Waals surface area contributed by atoms with E-state index in [1.807, 2.05) is 0 Å². The van der Waals surface area contributed by atoms with Gasteiger partial charge in [0.15, 0.2) is 0 Å². The second-order valence-electron chi connectivity index (χ2n) is 7.63. The predicted molar refractivity (Wildman–Crippen MR) is 116 cm³/mol. The van der Waals surface area contributed by atoms with E-state index in [2.05, 4.69) is 16.1 Å². The average Bonchev–Trinajstić information content (AvgIpc) is 3.37. The van der Waals surface area contributed by atoms with Gasteiger partial charge >= 0.3 is 12.6 Å². The number of primary amides is 1. The Kier molecular flexibility index (Phi) is 7.74. The third kappa shape index (κ3) is 5.87. The molecular weight excluding hydrogens is 424 g/mol. The van der Waals surface area contributed by atoms with Gasteiger partial charge in [0, 0.05) is 5.69 Å². The lowest BCUT2D eigenvalue weighted by Gasteiger charge is -2.14. The summed E-state index contributed by atoms with van der Waals surface area (Å²) >= 11 is 0. The molecule has 0 saturated carbocycles. The molecule has 0 heterocycles. The summed E-state index contributed by atoms with van der Waals surface area (Å²) < 4.78 is 38.9. The number of rotatable bonds is 5. The molecule has 0 saturated heterocycles. The van der Waals surface area contributed by atoms with E-state index in [1.165, 1.54) is 54.2 Å². The molecule has 4 rings (SSSR count). The fourth-order valence-electron chi connectivity index (χ4n) is 4.20. The van der Waals surface area contributed by atoms with Crippen molar-refractivity contribution in [1.29, 1.82) is 0 Å². The van der Waals surface area contributed by atoms with Crippen LogP contribution in [0, 0.1) is 0 Å². The van der Waals surface area contributed by atoms with Crippen LogP contribution in [0.1, 0.15) is 53.7 Å². The molecule has 0 aliphatic heterocycles. The van der Waals surface area contributed by atoms with Crippen LogP contribution in [-0.2, 0) is 41.4 Å². The molecule has 0 bridgehead atoms. The first kappa shape index (κ1) is 23.3. The predicted octanol–water partition coefficient (Wildman–Crippen LogP) is 4.12. The Balaban J connectivity index is 0.000000176. The zero-order chi connectivity index (χ0) is 22.5. The molecule has 0 radical (unpaired) electrons. The minimum absolute atomic E-state index is 0.436. The summed E-state index contributed by atoms with van der Waals surface area (Å²) in [6, 6.07) is 8.08. The second kappa shape index (κ2) is 10.3. The van der Waals surface area contributed by atoms with Crippen molar-refractivity contribution in [2.24, 2.45) is 10.9 Å². The number of hydrogen-bond donors (Lipinski definition) is 3. The van der Waals surface area contributed by atoms with Crippen LogP contribution in [0.5, 0.6) is 0 Å². The highest BCUT2D eigenvalue weighted by Crippen LogP contribution is 2.38. The maximum atomic E-state index is 11.9. The molecule has 2 atom stereocenters. The van der Waals surface area contributed by atoms with E-state index in [1.54, 1.807) is 12.1 Å². The maximum Gasteiger partial charge on any atom is 0.345 e. The largest absolute Gasteiger partial charge is 0.351 e. The summed E-state index contributed by atoms with van der Waals surface area (Å²) in [6.07, 6.45) is 6.16. The topological polar surface area (TPSA) is 107 Å². The van der Waals surface area contributed by atoms with Gasteiger partial charge in [0.1, 0.15) is 11.0 Å². The van der Waals surface area contributed by atoms with Crippen LogP contribution in [0.2, 0.25) is 0 Å². The highest BCUT2D eigenvalue weighted by atomic mass is 32.2. The van der Waals surface area contributed by atoms with Crippen LogP contribution in [-0.4, -0.2) is 16.9 Å². The van der Waals surface area contributed by atoms with E-state index in [4.69, 9.17) is 10.9 Å². The van der Waals surface area contributed by atoms with E-state index >= 15 is 0 Å². The zero-order valence-electron chi connectivity index (χ0n) is 17.3. The van der Waals surface area contributed by atoms with E-state index in [9.17, 15) is 17.8 Å². The van der Waals surface area contributed by atoms with E-state index in [0.29, 0.717) is 10.5 Å². The van der Waals surface area contributed by atoms with Gasteiger partial charge in [-0.05, 0) is 85.4 Å². The summed E-state index contributed by atoms with van der Waals surface area (Å²) in [5, 5.41) is 7.99. The number of halogens is 2. The summed E-state index contributed by atoms with van der Waals surface area (Å²) in [6.45, 7) is -1.29. The number of carbonyl (C=O) groups excluding carboxylic acids is 1. The first-order valence-electron chi connectivity index (χ1n) is 10.2. The summed E-state index contributed by atoms with van der Waals surface area (Å²) in [5.41, 5.74) is 12.4. The molecule has 2 unspecified atom stereocenters. The number of benzene rings is 2. The fourth-order valence-corrected chi connectivity index (χ4v) is 4.60. The summed E-state index contributed by atoms with van der Waals surface area (Å²) in [4.78, 5) is 11.5. The molecule has 2 aliphatic carbocycles. The standard InChI is InChI=1S/C13H16N2O.C9H11F2NO2S/c14-13(16)15-12-10-5-1-3-8(10)7-9-4-2-6-11(9)12;1-6(14-9(10)11)7-2-4-8(5-3-7)15(12)13/h7H,1-6H2,(H3,14,15,16);2-6,9H,12H2,1H3. The number of alkyl halides is 2. The minimum atomic E-state index is -2.80. The molecule has 0 spiro atoms. The van der Waals surface area contributed by atoms with Gasteiger partial charge in [0.25, 0.3) is 0 Å². The molecule has 0 fully saturated rings. The van der Waals surface area contributed by atoms with Crippen molar-refractivity contribution in [3.05, 3.63) is 58.1 Å². The summed E-state index contributed by atoms with van der Waals surface area (Å²) in [5.74, 6) is 0. The molecule has 9 heteroatoms. The van der Waals surface area contributed by atoms with E-state index in [0.717, 1.165) is 31.4 Å². The smallest absolute Gasteiger partial charge is 0.345 e. The quantitative estimate of drug-likeness (QED) is 0.636. The van der Waals surface area contributed by atoms with Crippen molar-refractivity contribution in [2.75, 3.05) is 5.32 Å². The van der Waals surface area contributed by atoms with Crippen LogP contribution >= 0.6 is 0 Å². The average molecular weight is 452 g/mol. The number of carbonyl (C=O) groups is 1. The van der Waals surface area contributed by atoms with Gasteiger partial charge in [-0.3, -0.25) is 0 Å². The number of anilines is 1.